The monoisotopic (exact) mass is 167 g/mol. The van der Waals surface area contributed by atoms with E-state index in [2.05, 4.69) is 11.2 Å². The molecular formula is C9H13NO2. The molecule has 3 heteroatoms. The van der Waals surface area contributed by atoms with Crippen LogP contribution in [0.25, 0.3) is 0 Å². The number of aliphatic hydroxyl groups is 1. The highest BCUT2D eigenvalue weighted by molar-refractivity contribution is 5.87. The Morgan fingerprint density at radius 2 is 2.50 bits per heavy atom. The Morgan fingerprint density at radius 1 is 1.83 bits per heavy atom. The van der Waals surface area contributed by atoms with E-state index in [1.165, 1.54) is 6.08 Å². The molecule has 0 aromatic heterocycles. The van der Waals surface area contributed by atoms with Gasteiger partial charge in [-0.05, 0) is 19.4 Å². The largest absolute Gasteiger partial charge is 0.396 e. The highest BCUT2D eigenvalue weighted by Gasteiger charge is 1.98. The van der Waals surface area contributed by atoms with Crippen molar-refractivity contribution in [1.29, 1.82) is 0 Å². The maximum absolute atomic E-state index is 10.9. The number of carbonyl (C=O) groups excluding carboxylic acids is 1. The molecule has 0 spiro atoms. The SMILES string of the molecule is C#CC(C)NC(=O)/C=C/CCO. The normalized spacial score (nSPS) is 12.4. The third-order valence-electron chi connectivity index (χ3n) is 1.17. The smallest absolute Gasteiger partial charge is 0.244 e. The molecule has 0 bridgehead atoms. The van der Waals surface area contributed by atoms with Gasteiger partial charge in [0, 0.05) is 6.61 Å². The van der Waals surface area contributed by atoms with Crippen LogP contribution in [0, 0.1) is 12.3 Å². The molecule has 66 valence electrons. The van der Waals surface area contributed by atoms with Gasteiger partial charge in [0.05, 0.1) is 6.04 Å². The van der Waals surface area contributed by atoms with Gasteiger partial charge in [-0.3, -0.25) is 4.79 Å². The fourth-order valence-corrected chi connectivity index (χ4v) is 0.568. The first kappa shape index (κ1) is 10.7. The van der Waals surface area contributed by atoms with Crippen LogP contribution in [0.5, 0.6) is 0 Å². The summed E-state index contributed by atoms with van der Waals surface area (Å²) >= 11 is 0. The molecule has 1 atom stereocenters. The van der Waals surface area contributed by atoms with Gasteiger partial charge >= 0.3 is 0 Å². The van der Waals surface area contributed by atoms with E-state index in [1.807, 2.05) is 0 Å². The van der Waals surface area contributed by atoms with Crippen molar-refractivity contribution in [3.8, 4) is 12.3 Å². The summed E-state index contributed by atoms with van der Waals surface area (Å²) in [5, 5.41) is 10.9. The third kappa shape index (κ3) is 5.51. The quantitative estimate of drug-likeness (QED) is 0.459. The zero-order valence-corrected chi connectivity index (χ0v) is 7.08. The molecule has 0 aromatic rings. The van der Waals surface area contributed by atoms with Crippen LogP contribution < -0.4 is 5.32 Å². The van der Waals surface area contributed by atoms with E-state index in [9.17, 15) is 4.79 Å². The highest BCUT2D eigenvalue weighted by atomic mass is 16.2. The minimum atomic E-state index is -0.253. The minimum Gasteiger partial charge on any atom is -0.396 e. The molecule has 1 unspecified atom stereocenters. The fourth-order valence-electron chi connectivity index (χ4n) is 0.568. The number of hydrogen-bond donors (Lipinski definition) is 2. The molecule has 0 fully saturated rings. The lowest BCUT2D eigenvalue weighted by atomic mass is 10.3. The van der Waals surface area contributed by atoms with Gasteiger partial charge in [-0.25, -0.2) is 0 Å². The lowest BCUT2D eigenvalue weighted by molar-refractivity contribution is -0.116. The van der Waals surface area contributed by atoms with Crippen LogP contribution in [0.1, 0.15) is 13.3 Å². The average Bonchev–Trinajstić information content (AvgIpc) is 2.05. The highest BCUT2D eigenvalue weighted by Crippen LogP contribution is 1.82. The maximum atomic E-state index is 10.9. The van der Waals surface area contributed by atoms with Crippen molar-refractivity contribution in [2.75, 3.05) is 6.61 Å². The van der Waals surface area contributed by atoms with Gasteiger partial charge in [0.15, 0.2) is 0 Å². The Bertz CT molecular complexity index is 203. The van der Waals surface area contributed by atoms with Crippen molar-refractivity contribution in [3.05, 3.63) is 12.2 Å². The van der Waals surface area contributed by atoms with Crippen LogP contribution in [-0.2, 0) is 4.79 Å². The van der Waals surface area contributed by atoms with E-state index >= 15 is 0 Å². The first-order chi connectivity index (χ1) is 5.70. The lowest BCUT2D eigenvalue weighted by Crippen LogP contribution is -2.29. The predicted molar refractivity (Wildman–Crippen MR) is 47.3 cm³/mol. The van der Waals surface area contributed by atoms with Crippen LogP contribution in [0.4, 0.5) is 0 Å². The summed E-state index contributed by atoms with van der Waals surface area (Å²) in [6, 6.07) is -0.253. The minimum absolute atomic E-state index is 0.0501. The van der Waals surface area contributed by atoms with E-state index in [4.69, 9.17) is 11.5 Å². The molecule has 0 radical (unpaired) electrons. The number of terminal acetylenes is 1. The predicted octanol–water partition coefficient (Wildman–Crippen LogP) is 0.0629. The van der Waals surface area contributed by atoms with E-state index in [-0.39, 0.29) is 18.6 Å². The van der Waals surface area contributed by atoms with E-state index < -0.39 is 0 Å². The Hall–Kier alpha value is -1.27. The van der Waals surface area contributed by atoms with Crippen molar-refractivity contribution in [2.45, 2.75) is 19.4 Å². The van der Waals surface area contributed by atoms with Gasteiger partial charge in [-0.1, -0.05) is 12.0 Å². The number of carbonyl (C=O) groups is 1. The van der Waals surface area contributed by atoms with Gasteiger partial charge < -0.3 is 10.4 Å². The van der Waals surface area contributed by atoms with Crippen LogP contribution >= 0.6 is 0 Å². The molecule has 3 nitrogen and oxygen atoms in total. The summed E-state index contributed by atoms with van der Waals surface area (Å²) in [6.07, 6.45) is 8.49. The first-order valence-electron chi connectivity index (χ1n) is 3.74. The molecule has 0 aliphatic rings. The molecular weight excluding hydrogens is 154 g/mol. The van der Waals surface area contributed by atoms with Crippen molar-refractivity contribution in [2.24, 2.45) is 0 Å². The van der Waals surface area contributed by atoms with Crippen LogP contribution in [0.15, 0.2) is 12.2 Å². The molecule has 0 saturated carbocycles. The van der Waals surface area contributed by atoms with E-state index in [1.54, 1.807) is 13.0 Å². The Morgan fingerprint density at radius 3 is 3.00 bits per heavy atom. The van der Waals surface area contributed by atoms with Crippen molar-refractivity contribution in [3.63, 3.8) is 0 Å². The molecule has 0 rings (SSSR count). The van der Waals surface area contributed by atoms with Gasteiger partial charge in [0.2, 0.25) is 5.91 Å². The molecule has 0 saturated heterocycles. The van der Waals surface area contributed by atoms with Crippen molar-refractivity contribution >= 4 is 5.91 Å². The standard InChI is InChI=1S/C9H13NO2/c1-3-8(2)10-9(12)6-4-5-7-11/h1,4,6,8,11H,5,7H2,2H3,(H,10,12)/b6-4+. The zero-order chi connectivity index (χ0) is 9.40. The average molecular weight is 167 g/mol. The summed E-state index contributed by atoms with van der Waals surface area (Å²) in [5.41, 5.74) is 0. The molecule has 0 aliphatic heterocycles. The molecule has 1 amide bonds. The lowest BCUT2D eigenvalue weighted by Gasteiger charge is -2.03. The second kappa shape index (κ2) is 6.44. The Labute approximate surface area is 72.5 Å². The van der Waals surface area contributed by atoms with Crippen LogP contribution in [-0.4, -0.2) is 23.7 Å². The molecule has 2 N–H and O–H groups in total. The van der Waals surface area contributed by atoms with Crippen LogP contribution in [0.2, 0.25) is 0 Å². The van der Waals surface area contributed by atoms with Gasteiger partial charge in [-0.15, -0.1) is 6.42 Å². The fraction of sp³-hybridized carbons (Fsp3) is 0.444. The summed E-state index contributed by atoms with van der Waals surface area (Å²) in [4.78, 5) is 10.9. The number of aliphatic hydroxyl groups excluding tert-OH is 1. The number of hydrogen-bond acceptors (Lipinski definition) is 2. The number of nitrogens with one attached hydrogen (secondary N) is 1. The topological polar surface area (TPSA) is 49.3 Å². The summed E-state index contributed by atoms with van der Waals surface area (Å²) in [7, 11) is 0. The number of rotatable bonds is 4. The number of amides is 1. The van der Waals surface area contributed by atoms with E-state index in [0.29, 0.717) is 6.42 Å². The first-order valence-corrected chi connectivity index (χ1v) is 3.74. The third-order valence-corrected chi connectivity index (χ3v) is 1.17. The Kier molecular flexibility index (Phi) is 5.76. The van der Waals surface area contributed by atoms with Crippen molar-refractivity contribution < 1.29 is 9.90 Å². The Balaban J connectivity index is 3.68. The summed E-state index contributed by atoms with van der Waals surface area (Å²) in [6.45, 7) is 1.77. The second-order valence-electron chi connectivity index (χ2n) is 2.31. The van der Waals surface area contributed by atoms with Gasteiger partial charge in [-0.2, -0.15) is 0 Å². The maximum Gasteiger partial charge on any atom is 0.244 e. The zero-order valence-electron chi connectivity index (χ0n) is 7.08. The molecule has 0 aromatic carbocycles. The van der Waals surface area contributed by atoms with Gasteiger partial charge in [0.1, 0.15) is 0 Å². The van der Waals surface area contributed by atoms with Gasteiger partial charge in [0.25, 0.3) is 0 Å². The molecule has 0 heterocycles. The van der Waals surface area contributed by atoms with Crippen LogP contribution in [0.3, 0.4) is 0 Å². The summed E-state index contributed by atoms with van der Waals surface area (Å²) in [5.74, 6) is 2.14. The van der Waals surface area contributed by atoms with E-state index in [0.717, 1.165) is 0 Å². The van der Waals surface area contributed by atoms with Crippen molar-refractivity contribution in [1.82, 2.24) is 5.32 Å². The molecule has 0 aliphatic carbocycles. The molecule has 12 heavy (non-hydrogen) atoms. The second-order valence-corrected chi connectivity index (χ2v) is 2.31. The summed E-state index contributed by atoms with van der Waals surface area (Å²) < 4.78 is 0.